The minimum Gasteiger partial charge on any atom is -0.496 e. The number of hydrogen-bond acceptors (Lipinski definition) is 4. The van der Waals surface area contributed by atoms with E-state index in [-0.39, 0.29) is 12.3 Å². The molecule has 0 aliphatic heterocycles. The third kappa shape index (κ3) is 2.52. The Morgan fingerprint density at radius 3 is 2.67 bits per heavy atom. The molecule has 0 unspecified atom stereocenters. The van der Waals surface area contributed by atoms with E-state index in [1.165, 1.54) is 0 Å². The number of methoxy groups -OCH3 is 1. The van der Waals surface area contributed by atoms with Crippen molar-refractivity contribution in [2.24, 2.45) is 5.73 Å². The van der Waals surface area contributed by atoms with E-state index >= 15 is 0 Å². The molecular weight excluding hydrogens is 210 g/mol. The molecule has 0 aliphatic carbocycles. The molecule has 0 fully saturated rings. The number of carbonyl (C=O) groups is 1. The Balaban J connectivity index is 3.28. The molecule has 0 saturated heterocycles. The lowest BCUT2D eigenvalue weighted by Gasteiger charge is -2.10. The van der Waals surface area contributed by atoms with Crippen molar-refractivity contribution < 1.29 is 9.53 Å². The van der Waals surface area contributed by atoms with Gasteiger partial charge < -0.3 is 10.5 Å². The molecule has 1 aromatic carbocycles. The van der Waals surface area contributed by atoms with Crippen molar-refractivity contribution in [3.05, 3.63) is 23.3 Å². The zero-order valence-corrected chi connectivity index (χ0v) is 9.98. The van der Waals surface area contributed by atoms with E-state index < -0.39 is 0 Å². The average Bonchev–Trinajstić information content (AvgIpc) is 2.27. The molecule has 0 aromatic heterocycles. The average molecular weight is 225 g/mol. The molecule has 2 N–H and O–H groups in total. The van der Waals surface area contributed by atoms with Crippen LogP contribution in [-0.2, 0) is 0 Å². The molecular formula is C11H15NO2S. The van der Waals surface area contributed by atoms with Crippen LogP contribution in [0.5, 0.6) is 5.75 Å². The number of nitrogens with two attached hydrogens (primary N) is 1. The van der Waals surface area contributed by atoms with Gasteiger partial charge in [-0.25, -0.2) is 0 Å². The maximum atomic E-state index is 11.6. The Morgan fingerprint density at radius 1 is 1.53 bits per heavy atom. The lowest BCUT2D eigenvalue weighted by atomic mass is 10.1. The van der Waals surface area contributed by atoms with E-state index in [0.717, 1.165) is 16.2 Å². The fourth-order valence-corrected chi connectivity index (χ4v) is 2.07. The van der Waals surface area contributed by atoms with E-state index in [1.54, 1.807) is 24.9 Å². The highest BCUT2D eigenvalue weighted by Crippen LogP contribution is 2.28. The van der Waals surface area contributed by atoms with Crippen molar-refractivity contribution in [1.29, 1.82) is 0 Å². The monoisotopic (exact) mass is 225 g/mol. The van der Waals surface area contributed by atoms with Crippen molar-refractivity contribution in [1.82, 2.24) is 0 Å². The molecule has 3 nitrogen and oxygen atoms in total. The van der Waals surface area contributed by atoms with Gasteiger partial charge in [0.15, 0.2) is 5.78 Å². The summed E-state index contributed by atoms with van der Waals surface area (Å²) in [6.07, 6.45) is 1.94. The van der Waals surface area contributed by atoms with Gasteiger partial charge in [-0.1, -0.05) is 0 Å². The van der Waals surface area contributed by atoms with Crippen LogP contribution in [0, 0.1) is 6.92 Å². The van der Waals surface area contributed by atoms with Crippen molar-refractivity contribution in [3.8, 4) is 5.75 Å². The first kappa shape index (κ1) is 12.1. The number of rotatable bonds is 4. The van der Waals surface area contributed by atoms with Gasteiger partial charge in [0.1, 0.15) is 5.75 Å². The van der Waals surface area contributed by atoms with Gasteiger partial charge in [0.25, 0.3) is 0 Å². The Kier molecular flexibility index (Phi) is 4.17. The first-order valence-corrected chi connectivity index (χ1v) is 5.82. The van der Waals surface area contributed by atoms with Crippen LogP contribution < -0.4 is 10.5 Å². The van der Waals surface area contributed by atoms with Gasteiger partial charge in [0, 0.05) is 10.5 Å². The maximum Gasteiger partial charge on any atom is 0.177 e. The lowest BCUT2D eigenvalue weighted by molar-refractivity contribution is 0.0998. The van der Waals surface area contributed by atoms with E-state index in [1.807, 2.05) is 19.2 Å². The predicted molar refractivity (Wildman–Crippen MR) is 62.9 cm³/mol. The van der Waals surface area contributed by atoms with Crippen molar-refractivity contribution >= 4 is 17.5 Å². The van der Waals surface area contributed by atoms with Crippen LogP contribution in [-0.4, -0.2) is 25.7 Å². The number of hydrogen-bond donors (Lipinski definition) is 1. The lowest BCUT2D eigenvalue weighted by Crippen LogP contribution is -2.14. The highest BCUT2D eigenvalue weighted by molar-refractivity contribution is 7.98. The summed E-state index contributed by atoms with van der Waals surface area (Å²) in [6, 6.07) is 3.71. The summed E-state index contributed by atoms with van der Waals surface area (Å²) in [5.41, 5.74) is 7.03. The molecule has 0 aliphatic rings. The zero-order valence-electron chi connectivity index (χ0n) is 9.16. The Morgan fingerprint density at radius 2 is 2.20 bits per heavy atom. The van der Waals surface area contributed by atoms with Crippen molar-refractivity contribution in [2.75, 3.05) is 19.9 Å². The molecule has 0 spiro atoms. The first-order chi connectivity index (χ1) is 7.13. The summed E-state index contributed by atoms with van der Waals surface area (Å²) in [7, 11) is 1.60. The number of aryl methyl sites for hydroxylation is 1. The van der Waals surface area contributed by atoms with E-state index in [0.29, 0.717) is 5.56 Å². The summed E-state index contributed by atoms with van der Waals surface area (Å²) < 4.78 is 5.18. The van der Waals surface area contributed by atoms with Crippen LogP contribution in [0.25, 0.3) is 0 Å². The van der Waals surface area contributed by atoms with Crippen LogP contribution >= 0.6 is 11.8 Å². The van der Waals surface area contributed by atoms with Crippen LogP contribution in [0.15, 0.2) is 17.0 Å². The zero-order chi connectivity index (χ0) is 11.4. The molecule has 0 bridgehead atoms. The van der Waals surface area contributed by atoms with Gasteiger partial charge in [-0.3, -0.25) is 4.79 Å². The number of benzene rings is 1. The maximum absolute atomic E-state index is 11.6. The Labute approximate surface area is 94.0 Å². The molecule has 0 amide bonds. The van der Waals surface area contributed by atoms with E-state index in [2.05, 4.69) is 0 Å². The van der Waals surface area contributed by atoms with Gasteiger partial charge >= 0.3 is 0 Å². The Bertz CT molecular complexity index is 377. The second-order valence-electron chi connectivity index (χ2n) is 3.15. The van der Waals surface area contributed by atoms with Crippen molar-refractivity contribution in [3.63, 3.8) is 0 Å². The van der Waals surface area contributed by atoms with Crippen LogP contribution in [0.2, 0.25) is 0 Å². The minimum atomic E-state index is -0.0577. The first-order valence-electron chi connectivity index (χ1n) is 4.60. The molecule has 4 heteroatoms. The van der Waals surface area contributed by atoms with Crippen molar-refractivity contribution in [2.45, 2.75) is 11.8 Å². The quantitative estimate of drug-likeness (QED) is 0.628. The molecule has 0 heterocycles. The fraction of sp³-hybridized carbons (Fsp3) is 0.364. The van der Waals surface area contributed by atoms with Crippen LogP contribution in [0.4, 0.5) is 0 Å². The highest BCUT2D eigenvalue weighted by Gasteiger charge is 2.12. The Hall–Kier alpha value is -1.00. The van der Waals surface area contributed by atoms with E-state index in [4.69, 9.17) is 10.5 Å². The minimum absolute atomic E-state index is 0.0276. The second-order valence-corrected chi connectivity index (χ2v) is 4.00. The highest BCUT2D eigenvalue weighted by atomic mass is 32.2. The SMILES string of the molecule is COc1cc(C(=O)CN)c(SC)cc1C. The number of carbonyl (C=O) groups excluding carboxylic acids is 1. The van der Waals surface area contributed by atoms with Gasteiger partial charge in [0.2, 0.25) is 0 Å². The normalized spacial score (nSPS) is 10.1. The molecule has 82 valence electrons. The molecule has 0 radical (unpaired) electrons. The van der Waals surface area contributed by atoms with Gasteiger partial charge in [-0.15, -0.1) is 11.8 Å². The topological polar surface area (TPSA) is 52.3 Å². The molecule has 15 heavy (non-hydrogen) atoms. The van der Waals surface area contributed by atoms with Gasteiger partial charge in [0.05, 0.1) is 13.7 Å². The summed E-state index contributed by atoms with van der Waals surface area (Å²) >= 11 is 1.54. The molecule has 1 rings (SSSR count). The summed E-state index contributed by atoms with van der Waals surface area (Å²) in [5, 5.41) is 0. The number of Topliss-reactive ketones (excluding diaryl/α,β-unsaturated/α-hetero) is 1. The predicted octanol–water partition coefficient (Wildman–Crippen LogP) is 1.87. The van der Waals surface area contributed by atoms with Crippen LogP contribution in [0.1, 0.15) is 15.9 Å². The second kappa shape index (κ2) is 5.19. The number of ether oxygens (including phenoxy) is 1. The summed E-state index contributed by atoms with van der Waals surface area (Å²) in [5.74, 6) is 0.669. The summed E-state index contributed by atoms with van der Waals surface area (Å²) in [6.45, 7) is 1.98. The van der Waals surface area contributed by atoms with Crippen LogP contribution in [0.3, 0.4) is 0 Å². The van der Waals surface area contributed by atoms with Gasteiger partial charge in [-0.2, -0.15) is 0 Å². The smallest absolute Gasteiger partial charge is 0.177 e. The largest absolute Gasteiger partial charge is 0.496 e. The fourth-order valence-electron chi connectivity index (χ4n) is 1.38. The molecule has 0 atom stereocenters. The van der Waals surface area contributed by atoms with E-state index in [9.17, 15) is 4.79 Å². The molecule has 1 aromatic rings. The third-order valence-electron chi connectivity index (χ3n) is 2.20. The van der Waals surface area contributed by atoms with Gasteiger partial charge in [-0.05, 0) is 30.9 Å². The third-order valence-corrected chi connectivity index (χ3v) is 2.98. The molecule has 0 saturated carbocycles. The number of ketones is 1. The number of thioether (sulfide) groups is 1. The standard InChI is InChI=1S/C11H15NO2S/c1-7-4-11(15-3)8(9(13)6-12)5-10(7)14-2/h4-5H,6,12H2,1-3H3. The summed E-state index contributed by atoms with van der Waals surface area (Å²) in [4.78, 5) is 12.5.